The Labute approximate surface area is 124 Å². The molecule has 2 N–H and O–H groups in total. The van der Waals surface area contributed by atoms with Gasteiger partial charge in [0.25, 0.3) is 0 Å². The highest BCUT2D eigenvalue weighted by atomic mass is 35.5. The summed E-state index contributed by atoms with van der Waals surface area (Å²) in [6.45, 7) is 4.34. The fraction of sp³-hybridized carbons (Fsp3) is 0.250. The third-order valence-electron chi connectivity index (χ3n) is 3.28. The van der Waals surface area contributed by atoms with Gasteiger partial charge in [0.15, 0.2) is 0 Å². The van der Waals surface area contributed by atoms with Crippen molar-refractivity contribution >= 4 is 23.2 Å². The molecule has 0 fully saturated rings. The van der Waals surface area contributed by atoms with E-state index in [-0.39, 0.29) is 6.04 Å². The number of nitrogens with two attached hydrogens (primary N) is 1. The van der Waals surface area contributed by atoms with Crippen LogP contribution in [0.2, 0.25) is 10.0 Å². The standard InChI is InChI=1S/C16H17Cl2N/c1-10(2)11-6-8-12(9-7-11)16(19)13-4-3-5-14(17)15(13)18/h3-10,16H,19H2,1-2H3. The molecule has 2 aromatic carbocycles. The first-order valence-corrected chi connectivity index (χ1v) is 7.05. The summed E-state index contributed by atoms with van der Waals surface area (Å²) in [5, 5.41) is 1.07. The summed E-state index contributed by atoms with van der Waals surface area (Å²) in [4.78, 5) is 0. The summed E-state index contributed by atoms with van der Waals surface area (Å²) >= 11 is 12.2. The zero-order valence-corrected chi connectivity index (χ0v) is 12.5. The van der Waals surface area contributed by atoms with Gasteiger partial charge in [-0.25, -0.2) is 0 Å². The zero-order valence-electron chi connectivity index (χ0n) is 11.0. The summed E-state index contributed by atoms with van der Waals surface area (Å²) < 4.78 is 0. The van der Waals surface area contributed by atoms with Crippen LogP contribution in [0.5, 0.6) is 0 Å². The highest BCUT2D eigenvalue weighted by molar-refractivity contribution is 6.42. The van der Waals surface area contributed by atoms with Crippen molar-refractivity contribution in [3.8, 4) is 0 Å². The first-order chi connectivity index (χ1) is 9.00. The van der Waals surface area contributed by atoms with Gasteiger partial charge in [-0.05, 0) is 28.7 Å². The van der Waals surface area contributed by atoms with E-state index in [4.69, 9.17) is 28.9 Å². The molecule has 3 heteroatoms. The lowest BCUT2D eigenvalue weighted by atomic mass is 9.96. The second-order valence-corrected chi connectivity index (χ2v) is 5.73. The molecule has 0 amide bonds. The van der Waals surface area contributed by atoms with E-state index < -0.39 is 0 Å². The summed E-state index contributed by atoms with van der Waals surface area (Å²) in [7, 11) is 0. The molecule has 0 radical (unpaired) electrons. The number of hydrogen-bond donors (Lipinski definition) is 1. The van der Waals surface area contributed by atoms with Crippen LogP contribution < -0.4 is 5.73 Å². The van der Waals surface area contributed by atoms with Crippen LogP contribution in [0.15, 0.2) is 42.5 Å². The number of rotatable bonds is 3. The lowest BCUT2D eigenvalue weighted by Crippen LogP contribution is -2.12. The first kappa shape index (κ1) is 14.4. The van der Waals surface area contributed by atoms with Crippen LogP contribution in [0.25, 0.3) is 0 Å². The first-order valence-electron chi connectivity index (χ1n) is 6.30. The molecule has 19 heavy (non-hydrogen) atoms. The van der Waals surface area contributed by atoms with Gasteiger partial charge in [-0.3, -0.25) is 0 Å². The van der Waals surface area contributed by atoms with Crippen molar-refractivity contribution in [2.45, 2.75) is 25.8 Å². The van der Waals surface area contributed by atoms with Gasteiger partial charge >= 0.3 is 0 Å². The fourth-order valence-corrected chi connectivity index (χ4v) is 2.45. The predicted octanol–water partition coefficient (Wildman–Crippen LogP) is 5.16. The SMILES string of the molecule is CC(C)c1ccc(C(N)c2cccc(Cl)c2Cl)cc1. The lowest BCUT2D eigenvalue weighted by molar-refractivity contribution is 0.847. The smallest absolute Gasteiger partial charge is 0.0643 e. The normalized spacial score (nSPS) is 12.7. The van der Waals surface area contributed by atoms with Gasteiger partial charge in [-0.15, -0.1) is 0 Å². The Morgan fingerprint density at radius 1 is 0.895 bits per heavy atom. The Bertz CT molecular complexity index is 561. The lowest BCUT2D eigenvalue weighted by Gasteiger charge is -2.16. The molecule has 0 bridgehead atoms. The Morgan fingerprint density at radius 2 is 1.47 bits per heavy atom. The van der Waals surface area contributed by atoms with E-state index in [2.05, 4.69) is 38.1 Å². The fourth-order valence-electron chi connectivity index (χ4n) is 2.03. The summed E-state index contributed by atoms with van der Waals surface area (Å²) in [6, 6.07) is 13.6. The largest absolute Gasteiger partial charge is 0.320 e. The quantitative estimate of drug-likeness (QED) is 0.830. The summed E-state index contributed by atoms with van der Waals surface area (Å²) in [5.74, 6) is 0.514. The molecule has 0 heterocycles. The van der Waals surface area contributed by atoms with E-state index in [1.54, 1.807) is 6.07 Å². The summed E-state index contributed by atoms with van der Waals surface area (Å²) in [5.41, 5.74) is 9.46. The van der Waals surface area contributed by atoms with Crippen LogP contribution in [-0.2, 0) is 0 Å². The maximum Gasteiger partial charge on any atom is 0.0643 e. The minimum absolute atomic E-state index is 0.257. The number of hydrogen-bond acceptors (Lipinski definition) is 1. The minimum atomic E-state index is -0.257. The van der Waals surface area contributed by atoms with E-state index >= 15 is 0 Å². The molecule has 0 aromatic heterocycles. The molecule has 2 aromatic rings. The van der Waals surface area contributed by atoms with Gasteiger partial charge in [0, 0.05) is 0 Å². The van der Waals surface area contributed by atoms with E-state index in [1.165, 1.54) is 5.56 Å². The molecule has 1 unspecified atom stereocenters. The van der Waals surface area contributed by atoms with Crippen LogP contribution in [0, 0.1) is 0 Å². The highest BCUT2D eigenvalue weighted by Gasteiger charge is 2.14. The van der Waals surface area contributed by atoms with Gasteiger partial charge in [0.05, 0.1) is 16.1 Å². The Balaban J connectivity index is 2.33. The van der Waals surface area contributed by atoms with Gasteiger partial charge in [0.2, 0.25) is 0 Å². The topological polar surface area (TPSA) is 26.0 Å². The van der Waals surface area contributed by atoms with Crippen molar-refractivity contribution in [1.82, 2.24) is 0 Å². The average Bonchev–Trinajstić information content (AvgIpc) is 2.41. The molecular weight excluding hydrogens is 277 g/mol. The second kappa shape index (κ2) is 5.96. The van der Waals surface area contributed by atoms with Crippen molar-refractivity contribution in [2.24, 2.45) is 5.73 Å². The van der Waals surface area contributed by atoms with Crippen LogP contribution in [-0.4, -0.2) is 0 Å². The van der Waals surface area contributed by atoms with Crippen LogP contribution in [0.4, 0.5) is 0 Å². The number of benzene rings is 2. The highest BCUT2D eigenvalue weighted by Crippen LogP contribution is 2.32. The molecule has 1 nitrogen and oxygen atoms in total. The number of halogens is 2. The van der Waals surface area contributed by atoms with Gasteiger partial charge in [0.1, 0.15) is 0 Å². The maximum absolute atomic E-state index is 6.27. The zero-order chi connectivity index (χ0) is 14.0. The van der Waals surface area contributed by atoms with Gasteiger partial charge < -0.3 is 5.73 Å². The van der Waals surface area contributed by atoms with Crippen molar-refractivity contribution in [3.05, 3.63) is 69.2 Å². The molecule has 2 rings (SSSR count). The molecule has 0 saturated heterocycles. The Morgan fingerprint density at radius 3 is 2.05 bits per heavy atom. The third-order valence-corrected chi connectivity index (χ3v) is 4.11. The molecule has 0 spiro atoms. The minimum Gasteiger partial charge on any atom is -0.320 e. The maximum atomic E-state index is 6.27. The van der Waals surface area contributed by atoms with Crippen molar-refractivity contribution in [1.29, 1.82) is 0 Å². The van der Waals surface area contributed by atoms with Crippen LogP contribution in [0.1, 0.15) is 42.5 Å². The van der Waals surface area contributed by atoms with Crippen LogP contribution >= 0.6 is 23.2 Å². The predicted molar refractivity (Wildman–Crippen MR) is 83.0 cm³/mol. The van der Waals surface area contributed by atoms with Crippen molar-refractivity contribution in [2.75, 3.05) is 0 Å². The molecular formula is C16H17Cl2N. The molecule has 0 aliphatic heterocycles. The molecule has 1 atom stereocenters. The van der Waals surface area contributed by atoms with E-state index in [0.29, 0.717) is 16.0 Å². The average molecular weight is 294 g/mol. The van der Waals surface area contributed by atoms with Crippen molar-refractivity contribution in [3.63, 3.8) is 0 Å². The Hall–Kier alpha value is -1.02. The van der Waals surface area contributed by atoms with Gasteiger partial charge in [-0.2, -0.15) is 0 Å². The van der Waals surface area contributed by atoms with Crippen LogP contribution in [0.3, 0.4) is 0 Å². The van der Waals surface area contributed by atoms with E-state index in [9.17, 15) is 0 Å². The monoisotopic (exact) mass is 293 g/mol. The Kier molecular flexibility index (Phi) is 4.51. The second-order valence-electron chi connectivity index (χ2n) is 4.94. The molecule has 0 aliphatic carbocycles. The van der Waals surface area contributed by atoms with E-state index in [0.717, 1.165) is 11.1 Å². The molecule has 0 aliphatic rings. The third kappa shape index (κ3) is 3.11. The van der Waals surface area contributed by atoms with E-state index in [1.807, 2.05) is 12.1 Å². The van der Waals surface area contributed by atoms with Crippen molar-refractivity contribution < 1.29 is 0 Å². The van der Waals surface area contributed by atoms with Gasteiger partial charge in [-0.1, -0.05) is 73.4 Å². The molecule has 100 valence electrons. The molecule has 0 saturated carbocycles. The summed E-state index contributed by atoms with van der Waals surface area (Å²) in [6.07, 6.45) is 0.